The highest BCUT2D eigenvalue weighted by molar-refractivity contribution is 6.30. The molecule has 0 aliphatic rings. The van der Waals surface area contributed by atoms with Crippen LogP contribution in [0.3, 0.4) is 0 Å². The van der Waals surface area contributed by atoms with Crippen LogP contribution in [0.15, 0.2) is 36.5 Å². The van der Waals surface area contributed by atoms with Crippen LogP contribution in [-0.2, 0) is 6.54 Å². The Morgan fingerprint density at radius 2 is 1.89 bits per heavy atom. The van der Waals surface area contributed by atoms with Crippen LogP contribution in [0.2, 0.25) is 5.02 Å². The van der Waals surface area contributed by atoms with Crippen LogP contribution in [0.5, 0.6) is 0 Å². The first-order chi connectivity index (χ1) is 9.28. The molecular formula is C14H17ClN4. The van der Waals surface area contributed by atoms with Crippen molar-refractivity contribution in [2.24, 2.45) is 0 Å². The molecule has 1 aromatic carbocycles. The molecule has 0 saturated carbocycles. The van der Waals surface area contributed by atoms with Gasteiger partial charge in [0.2, 0.25) is 5.95 Å². The van der Waals surface area contributed by atoms with Gasteiger partial charge < -0.3 is 10.6 Å². The van der Waals surface area contributed by atoms with Gasteiger partial charge in [0.1, 0.15) is 5.82 Å². The van der Waals surface area contributed by atoms with Crippen LogP contribution < -0.4 is 10.6 Å². The summed E-state index contributed by atoms with van der Waals surface area (Å²) in [7, 11) is 0. The first kappa shape index (κ1) is 13.6. The van der Waals surface area contributed by atoms with Crippen LogP contribution in [0.1, 0.15) is 18.9 Å². The van der Waals surface area contributed by atoms with Crippen molar-refractivity contribution in [3.8, 4) is 0 Å². The van der Waals surface area contributed by atoms with Gasteiger partial charge in [-0.05, 0) is 30.2 Å². The van der Waals surface area contributed by atoms with Crippen molar-refractivity contribution in [1.29, 1.82) is 0 Å². The van der Waals surface area contributed by atoms with Crippen LogP contribution >= 0.6 is 11.6 Å². The third-order valence-electron chi connectivity index (χ3n) is 2.58. The first-order valence-electron chi connectivity index (χ1n) is 6.33. The zero-order valence-electron chi connectivity index (χ0n) is 10.9. The molecule has 0 unspecified atom stereocenters. The number of nitrogens with one attached hydrogen (secondary N) is 2. The fraction of sp³-hybridized carbons (Fsp3) is 0.286. The second-order valence-electron chi connectivity index (χ2n) is 4.17. The molecule has 0 fully saturated rings. The van der Waals surface area contributed by atoms with Crippen molar-refractivity contribution in [3.63, 3.8) is 0 Å². The van der Waals surface area contributed by atoms with Gasteiger partial charge in [-0.2, -0.15) is 4.98 Å². The molecule has 0 saturated heterocycles. The highest BCUT2D eigenvalue weighted by atomic mass is 35.5. The van der Waals surface area contributed by atoms with Gasteiger partial charge in [-0.1, -0.05) is 30.7 Å². The summed E-state index contributed by atoms with van der Waals surface area (Å²) in [6.07, 6.45) is 2.79. The summed E-state index contributed by atoms with van der Waals surface area (Å²) in [6.45, 7) is 3.69. The summed E-state index contributed by atoms with van der Waals surface area (Å²) in [5.41, 5.74) is 1.16. The van der Waals surface area contributed by atoms with Crippen LogP contribution in [0.25, 0.3) is 0 Å². The lowest BCUT2D eigenvalue weighted by Crippen LogP contribution is -2.07. The van der Waals surface area contributed by atoms with E-state index in [1.165, 1.54) is 0 Å². The van der Waals surface area contributed by atoms with E-state index < -0.39 is 0 Å². The van der Waals surface area contributed by atoms with Gasteiger partial charge in [-0.25, -0.2) is 4.98 Å². The van der Waals surface area contributed by atoms with Crippen molar-refractivity contribution in [1.82, 2.24) is 9.97 Å². The van der Waals surface area contributed by atoms with Gasteiger partial charge in [0.05, 0.1) is 0 Å². The minimum absolute atomic E-state index is 0.656. The molecule has 0 bridgehead atoms. The van der Waals surface area contributed by atoms with Crippen molar-refractivity contribution >= 4 is 23.4 Å². The van der Waals surface area contributed by atoms with Gasteiger partial charge >= 0.3 is 0 Å². The molecule has 0 spiro atoms. The quantitative estimate of drug-likeness (QED) is 0.847. The maximum atomic E-state index is 5.85. The highest BCUT2D eigenvalue weighted by Gasteiger charge is 1.98. The predicted octanol–water partition coefficient (Wildman–Crippen LogP) is 3.56. The maximum absolute atomic E-state index is 5.85. The molecule has 0 radical (unpaired) electrons. The first-order valence-corrected chi connectivity index (χ1v) is 6.71. The molecule has 100 valence electrons. The number of nitrogens with zero attached hydrogens (tertiary/aromatic N) is 2. The Morgan fingerprint density at radius 1 is 1.11 bits per heavy atom. The third-order valence-corrected chi connectivity index (χ3v) is 2.83. The number of benzene rings is 1. The molecule has 1 aromatic heterocycles. The Labute approximate surface area is 118 Å². The van der Waals surface area contributed by atoms with Gasteiger partial charge in [0.15, 0.2) is 0 Å². The molecule has 0 aliphatic heterocycles. The van der Waals surface area contributed by atoms with E-state index in [-0.39, 0.29) is 0 Å². The van der Waals surface area contributed by atoms with Crippen LogP contribution in [0.4, 0.5) is 11.8 Å². The SMILES string of the molecule is CCCNc1nccc(NCc2ccc(Cl)cc2)n1. The Balaban J connectivity index is 1.93. The monoisotopic (exact) mass is 276 g/mol. The number of aromatic nitrogens is 2. The molecule has 1 heterocycles. The van der Waals surface area contributed by atoms with Crippen molar-refractivity contribution in [3.05, 3.63) is 47.1 Å². The summed E-state index contributed by atoms with van der Waals surface area (Å²) < 4.78 is 0. The molecular weight excluding hydrogens is 260 g/mol. The predicted molar refractivity (Wildman–Crippen MR) is 79.6 cm³/mol. The molecule has 2 rings (SSSR count). The molecule has 2 aromatic rings. The van der Waals surface area contributed by atoms with E-state index in [4.69, 9.17) is 11.6 Å². The van der Waals surface area contributed by atoms with E-state index in [0.717, 1.165) is 29.4 Å². The topological polar surface area (TPSA) is 49.8 Å². The van der Waals surface area contributed by atoms with E-state index >= 15 is 0 Å². The van der Waals surface area contributed by atoms with E-state index in [1.807, 2.05) is 30.3 Å². The van der Waals surface area contributed by atoms with E-state index in [1.54, 1.807) is 6.20 Å². The molecule has 0 atom stereocenters. The molecule has 0 amide bonds. The summed E-state index contributed by atoms with van der Waals surface area (Å²) in [5.74, 6) is 1.46. The lowest BCUT2D eigenvalue weighted by atomic mass is 10.2. The number of anilines is 2. The Kier molecular flexibility index (Phi) is 4.98. The zero-order chi connectivity index (χ0) is 13.5. The Morgan fingerprint density at radius 3 is 2.63 bits per heavy atom. The molecule has 2 N–H and O–H groups in total. The average molecular weight is 277 g/mol. The number of hydrogen-bond donors (Lipinski definition) is 2. The lowest BCUT2D eigenvalue weighted by molar-refractivity contribution is 0.950. The maximum Gasteiger partial charge on any atom is 0.224 e. The minimum atomic E-state index is 0.656. The van der Waals surface area contributed by atoms with E-state index in [2.05, 4.69) is 27.5 Å². The summed E-state index contributed by atoms with van der Waals surface area (Å²) in [4.78, 5) is 8.55. The molecule has 19 heavy (non-hydrogen) atoms. The smallest absolute Gasteiger partial charge is 0.224 e. The van der Waals surface area contributed by atoms with Crippen LogP contribution in [-0.4, -0.2) is 16.5 Å². The summed E-state index contributed by atoms with van der Waals surface area (Å²) >= 11 is 5.85. The van der Waals surface area contributed by atoms with Gasteiger partial charge in [-0.3, -0.25) is 0 Å². The van der Waals surface area contributed by atoms with E-state index in [0.29, 0.717) is 12.5 Å². The largest absolute Gasteiger partial charge is 0.366 e. The summed E-state index contributed by atoms with van der Waals surface area (Å²) in [6, 6.07) is 9.60. The molecule has 0 aliphatic carbocycles. The normalized spacial score (nSPS) is 10.2. The van der Waals surface area contributed by atoms with Crippen LogP contribution in [0, 0.1) is 0 Å². The average Bonchev–Trinajstić information content (AvgIpc) is 2.45. The molecule has 4 nitrogen and oxygen atoms in total. The van der Waals surface area contributed by atoms with Crippen molar-refractivity contribution in [2.75, 3.05) is 17.2 Å². The zero-order valence-corrected chi connectivity index (χ0v) is 11.6. The van der Waals surface area contributed by atoms with Gasteiger partial charge in [0, 0.05) is 24.3 Å². The number of hydrogen-bond acceptors (Lipinski definition) is 4. The van der Waals surface area contributed by atoms with Gasteiger partial charge in [-0.15, -0.1) is 0 Å². The summed E-state index contributed by atoms with van der Waals surface area (Å²) in [5, 5.41) is 7.17. The standard InChI is InChI=1S/C14H17ClN4/c1-2-8-16-14-17-9-7-13(19-14)18-10-11-3-5-12(15)6-4-11/h3-7,9H,2,8,10H2,1H3,(H2,16,17,18,19). The highest BCUT2D eigenvalue weighted by Crippen LogP contribution is 2.12. The van der Waals surface area contributed by atoms with Gasteiger partial charge in [0.25, 0.3) is 0 Å². The Bertz CT molecular complexity index is 513. The third kappa shape index (κ3) is 4.41. The van der Waals surface area contributed by atoms with Crippen molar-refractivity contribution < 1.29 is 0 Å². The Hall–Kier alpha value is -1.81. The second kappa shape index (κ2) is 6.95. The fourth-order valence-electron chi connectivity index (χ4n) is 1.57. The second-order valence-corrected chi connectivity index (χ2v) is 4.61. The number of halogens is 1. The van der Waals surface area contributed by atoms with E-state index in [9.17, 15) is 0 Å². The lowest BCUT2D eigenvalue weighted by Gasteiger charge is -2.08. The molecule has 5 heteroatoms. The van der Waals surface area contributed by atoms with Crippen molar-refractivity contribution in [2.45, 2.75) is 19.9 Å². The minimum Gasteiger partial charge on any atom is -0.366 e. The fourth-order valence-corrected chi connectivity index (χ4v) is 1.70. The number of rotatable bonds is 6.